The fraction of sp³-hybridized carbons (Fsp3) is 0.862. The molecule has 206 valence electrons. The summed E-state index contributed by atoms with van der Waals surface area (Å²) in [4.78, 5) is 26.3. The summed E-state index contributed by atoms with van der Waals surface area (Å²) in [6, 6.07) is 6.17. The van der Waals surface area contributed by atoms with E-state index in [9.17, 15) is 9.59 Å². The average molecular weight is 527 g/mol. The Bertz CT molecular complexity index is 548. The second-order valence-electron chi connectivity index (χ2n) is 10.6. The van der Waals surface area contributed by atoms with E-state index in [1.165, 1.54) is 0 Å². The molecule has 4 nitrogen and oxygen atoms in total. The highest BCUT2D eigenvalue weighted by Gasteiger charge is 2.39. The van der Waals surface area contributed by atoms with Crippen LogP contribution in [0.4, 0.5) is 0 Å². The Morgan fingerprint density at radius 3 is 1.11 bits per heavy atom. The zero-order chi connectivity index (χ0) is 26.6. The number of rotatable bonds is 23. The smallest absolute Gasteiger partial charge is 0.320 e. The van der Waals surface area contributed by atoms with Gasteiger partial charge in [0.15, 0.2) is 0 Å². The molecule has 0 saturated heterocycles. The minimum absolute atomic E-state index is 0.0300. The van der Waals surface area contributed by atoms with Gasteiger partial charge in [0, 0.05) is 5.57 Å². The highest BCUT2D eigenvalue weighted by atomic mass is 28.4. The molecule has 0 heterocycles. The molecule has 35 heavy (non-hydrogen) atoms. The maximum absolute atomic E-state index is 13.2. The molecule has 0 N–H and O–H groups in total. The number of hydrogen-bond donors (Lipinski definition) is 0. The fourth-order valence-corrected chi connectivity index (χ4v) is 14.0. The van der Waals surface area contributed by atoms with Crippen LogP contribution >= 0.6 is 0 Å². The van der Waals surface area contributed by atoms with E-state index in [-0.39, 0.29) is 23.9 Å². The minimum atomic E-state index is -2.19. The largest absolute Gasteiger partial charge is 0.519 e. The summed E-state index contributed by atoms with van der Waals surface area (Å²) in [6.07, 6.45) is 13.3. The van der Waals surface area contributed by atoms with Crippen LogP contribution in [0.15, 0.2) is 12.2 Å². The normalized spacial score (nSPS) is 11.9. The third-order valence-corrected chi connectivity index (χ3v) is 16.1. The van der Waals surface area contributed by atoms with Gasteiger partial charge in [-0.3, -0.25) is 4.79 Å². The lowest BCUT2D eigenvalue weighted by atomic mass is 10.2. The second kappa shape index (κ2) is 20.2. The Labute approximate surface area is 220 Å². The van der Waals surface area contributed by atoms with Gasteiger partial charge >= 0.3 is 5.97 Å². The predicted molar refractivity (Wildman–Crippen MR) is 156 cm³/mol. The van der Waals surface area contributed by atoms with Gasteiger partial charge in [0.25, 0.3) is 22.6 Å². The molecule has 0 aliphatic heterocycles. The molecule has 0 fully saturated rings. The zero-order valence-corrected chi connectivity index (χ0v) is 26.3. The van der Waals surface area contributed by atoms with E-state index in [0.29, 0.717) is 0 Å². The molecule has 6 heteroatoms. The fourth-order valence-electron chi connectivity index (χ4n) is 4.84. The quantitative estimate of drug-likeness (QED) is 0.0981. The monoisotopic (exact) mass is 526 g/mol. The first-order valence-electron chi connectivity index (χ1n) is 14.9. The van der Waals surface area contributed by atoms with Crippen molar-refractivity contribution in [3.8, 4) is 0 Å². The lowest BCUT2D eigenvalue weighted by molar-refractivity contribution is -0.138. The summed E-state index contributed by atoms with van der Waals surface area (Å²) in [5.41, 5.74) is 0.278. The van der Waals surface area contributed by atoms with E-state index < -0.39 is 16.6 Å². The molecule has 0 radical (unpaired) electrons. The van der Waals surface area contributed by atoms with E-state index in [0.717, 1.165) is 113 Å². The van der Waals surface area contributed by atoms with E-state index in [2.05, 4.69) is 48.1 Å². The Kier molecular flexibility index (Phi) is 19.7. The third-order valence-electron chi connectivity index (χ3n) is 7.20. The number of unbranched alkanes of at least 4 members (excludes halogenated alkanes) is 6. The topological polar surface area (TPSA) is 52.6 Å². The van der Waals surface area contributed by atoms with Crippen molar-refractivity contribution in [3.05, 3.63) is 12.2 Å². The van der Waals surface area contributed by atoms with Crippen LogP contribution in [0.1, 0.15) is 125 Å². The van der Waals surface area contributed by atoms with Gasteiger partial charge in [0.2, 0.25) is 0 Å². The molecule has 0 saturated carbocycles. The van der Waals surface area contributed by atoms with Crippen LogP contribution < -0.4 is 0 Å². The van der Waals surface area contributed by atoms with Crippen molar-refractivity contribution in [1.29, 1.82) is 0 Å². The van der Waals surface area contributed by atoms with E-state index in [1.807, 2.05) is 0 Å². The summed E-state index contributed by atoms with van der Waals surface area (Å²) in [6.45, 7) is 17.2. The van der Waals surface area contributed by atoms with Crippen LogP contribution in [0.3, 0.4) is 0 Å². The van der Waals surface area contributed by atoms with E-state index >= 15 is 0 Å². The Balaban J connectivity index is 5.43. The first kappa shape index (κ1) is 34.1. The standard InChI is InChI=1S/C29H58O4Si2/c1-8-14-20-34(21-15-9-2,22-16-10-3)32-28(30)26-27(7)29(31)33-35(23-17-11-4,24-18-12-5)25-19-13-6/h7-26H2,1-6H3. The molecule has 0 rings (SSSR count). The number of carbonyl (C=O) groups is 2. The van der Waals surface area contributed by atoms with Gasteiger partial charge in [-0.2, -0.15) is 0 Å². The van der Waals surface area contributed by atoms with Gasteiger partial charge in [0.05, 0.1) is 6.42 Å². The molecule has 0 atom stereocenters. The highest BCUT2D eigenvalue weighted by molar-refractivity contribution is 6.75. The minimum Gasteiger partial charge on any atom is -0.519 e. The van der Waals surface area contributed by atoms with Crippen molar-refractivity contribution in [1.82, 2.24) is 0 Å². The third kappa shape index (κ3) is 14.4. The van der Waals surface area contributed by atoms with Gasteiger partial charge in [-0.1, -0.05) is 125 Å². The summed E-state index contributed by atoms with van der Waals surface area (Å²) in [5.74, 6) is -0.607. The summed E-state index contributed by atoms with van der Waals surface area (Å²) < 4.78 is 12.7. The van der Waals surface area contributed by atoms with Crippen molar-refractivity contribution < 1.29 is 18.4 Å². The van der Waals surface area contributed by atoms with Crippen molar-refractivity contribution in [2.75, 3.05) is 0 Å². The number of hydrogen-bond acceptors (Lipinski definition) is 4. The molecule has 0 aliphatic carbocycles. The van der Waals surface area contributed by atoms with Gasteiger partial charge in [-0.25, -0.2) is 4.79 Å². The molecule has 0 aromatic carbocycles. The van der Waals surface area contributed by atoms with Crippen molar-refractivity contribution in [2.24, 2.45) is 0 Å². The molecule has 0 amide bonds. The first-order chi connectivity index (χ1) is 16.8. The van der Waals surface area contributed by atoms with Gasteiger partial charge in [-0.05, 0) is 36.3 Å². The highest BCUT2D eigenvalue weighted by Crippen LogP contribution is 2.32. The van der Waals surface area contributed by atoms with E-state index in [4.69, 9.17) is 8.85 Å². The molecule has 0 bridgehead atoms. The van der Waals surface area contributed by atoms with Crippen molar-refractivity contribution in [2.45, 2.75) is 161 Å². The maximum atomic E-state index is 13.2. The average Bonchev–Trinajstić information content (AvgIpc) is 2.85. The van der Waals surface area contributed by atoms with Gasteiger partial charge in [-0.15, -0.1) is 0 Å². The van der Waals surface area contributed by atoms with Crippen LogP contribution in [0.25, 0.3) is 0 Å². The SMILES string of the molecule is C=C(CC(=O)O[Si](CCCC)(CCCC)CCCC)C(=O)O[Si](CCCC)(CCCC)CCCC. The van der Waals surface area contributed by atoms with Crippen LogP contribution in [-0.2, 0) is 18.4 Å². The van der Waals surface area contributed by atoms with Crippen LogP contribution in [0.5, 0.6) is 0 Å². The molecule has 0 aliphatic rings. The molecule has 0 unspecified atom stereocenters. The first-order valence-corrected chi connectivity index (χ1v) is 20.0. The maximum Gasteiger partial charge on any atom is 0.320 e. The molecular weight excluding hydrogens is 468 g/mol. The Morgan fingerprint density at radius 2 is 0.829 bits per heavy atom. The van der Waals surface area contributed by atoms with Gasteiger partial charge in [0.1, 0.15) is 0 Å². The summed E-state index contributed by atoms with van der Waals surface area (Å²) in [5, 5.41) is 0. The van der Waals surface area contributed by atoms with Crippen LogP contribution in [0.2, 0.25) is 36.3 Å². The van der Waals surface area contributed by atoms with E-state index in [1.54, 1.807) is 0 Å². The lowest BCUT2D eigenvalue weighted by Gasteiger charge is -2.33. The second-order valence-corrected chi connectivity index (χ2v) is 18.8. The van der Waals surface area contributed by atoms with Crippen molar-refractivity contribution in [3.63, 3.8) is 0 Å². The Hall–Kier alpha value is -0.886. The molecular formula is C29H58O4Si2. The molecule has 0 aromatic rings. The Morgan fingerprint density at radius 1 is 0.543 bits per heavy atom. The summed E-state index contributed by atoms with van der Waals surface area (Å²) >= 11 is 0. The summed E-state index contributed by atoms with van der Waals surface area (Å²) in [7, 11) is -4.35. The zero-order valence-electron chi connectivity index (χ0n) is 24.3. The lowest BCUT2D eigenvalue weighted by Crippen LogP contribution is -2.42. The van der Waals surface area contributed by atoms with Crippen LogP contribution in [0, 0.1) is 0 Å². The van der Waals surface area contributed by atoms with Crippen molar-refractivity contribution >= 4 is 28.6 Å². The van der Waals surface area contributed by atoms with Crippen LogP contribution in [-0.4, -0.2) is 28.6 Å². The van der Waals surface area contributed by atoms with Gasteiger partial charge < -0.3 is 8.85 Å². The molecule has 0 spiro atoms. The number of carbonyl (C=O) groups excluding carboxylic acids is 2. The predicted octanol–water partition coefficient (Wildman–Crippen LogP) is 9.71. The molecule has 0 aromatic heterocycles.